The normalized spacial score (nSPS) is 11.0. The van der Waals surface area contributed by atoms with Crippen molar-refractivity contribution < 1.29 is 4.79 Å². The number of aryl methyl sites for hydroxylation is 2. The lowest BCUT2D eigenvalue weighted by molar-refractivity contribution is 0.0946. The van der Waals surface area contributed by atoms with Crippen molar-refractivity contribution in [3.63, 3.8) is 0 Å². The standard InChI is InChI=1S/C25H22N8O/c1-15-13-27-10-7-18(15)14-29-25(34)23-24(26)31-22(20-8-11-33(2)32-20)21(30-23)17-5-6-19-16(12-17)4-3-9-28-19/h3-13H,14H2,1-2H3,(H2,26,31)(H,29,34). The minimum absolute atomic E-state index is 0.0378. The average molecular weight is 451 g/mol. The van der Waals surface area contributed by atoms with E-state index >= 15 is 0 Å². The highest BCUT2D eigenvalue weighted by molar-refractivity contribution is 5.98. The number of carbonyl (C=O) groups excluding carboxylic acids is 1. The van der Waals surface area contributed by atoms with Gasteiger partial charge in [0.05, 0.1) is 11.2 Å². The van der Waals surface area contributed by atoms with Crippen LogP contribution in [-0.2, 0) is 13.6 Å². The molecule has 0 saturated heterocycles. The molecule has 0 fully saturated rings. The monoisotopic (exact) mass is 450 g/mol. The van der Waals surface area contributed by atoms with Crippen molar-refractivity contribution in [3.8, 4) is 22.6 Å². The maximum Gasteiger partial charge on any atom is 0.274 e. The van der Waals surface area contributed by atoms with E-state index in [2.05, 4.69) is 30.4 Å². The molecule has 5 aromatic rings. The molecule has 1 amide bonds. The summed E-state index contributed by atoms with van der Waals surface area (Å²) in [6.45, 7) is 2.27. The molecule has 3 N–H and O–H groups in total. The molecule has 0 unspecified atom stereocenters. The number of carbonyl (C=O) groups is 1. The summed E-state index contributed by atoms with van der Waals surface area (Å²) >= 11 is 0. The number of benzene rings is 1. The molecule has 9 heteroatoms. The quantitative estimate of drug-likeness (QED) is 0.421. The number of nitrogens with zero attached hydrogens (tertiary/aromatic N) is 6. The highest BCUT2D eigenvalue weighted by Crippen LogP contribution is 2.31. The molecule has 0 spiro atoms. The minimum Gasteiger partial charge on any atom is -0.382 e. The average Bonchev–Trinajstić information content (AvgIpc) is 3.29. The van der Waals surface area contributed by atoms with Crippen LogP contribution in [0.15, 0.2) is 67.3 Å². The van der Waals surface area contributed by atoms with Crippen LogP contribution < -0.4 is 11.1 Å². The SMILES string of the molecule is Cc1cnccc1CNC(=O)c1nc(-c2ccc3ncccc3c2)c(-c2ccn(C)n2)nc1N. The second-order valence-electron chi connectivity index (χ2n) is 7.93. The summed E-state index contributed by atoms with van der Waals surface area (Å²) in [5.41, 5.74) is 11.5. The van der Waals surface area contributed by atoms with E-state index in [0.29, 0.717) is 23.6 Å². The van der Waals surface area contributed by atoms with Crippen LogP contribution in [0.5, 0.6) is 0 Å². The maximum absolute atomic E-state index is 13.1. The van der Waals surface area contributed by atoms with E-state index in [1.807, 2.05) is 62.6 Å². The summed E-state index contributed by atoms with van der Waals surface area (Å²) in [6, 6.07) is 13.3. The van der Waals surface area contributed by atoms with Crippen LogP contribution in [0.25, 0.3) is 33.5 Å². The zero-order valence-corrected chi connectivity index (χ0v) is 18.7. The summed E-state index contributed by atoms with van der Waals surface area (Å²) in [6.07, 6.45) is 7.01. The third-order valence-electron chi connectivity index (χ3n) is 5.55. The van der Waals surface area contributed by atoms with Gasteiger partial charge in [-0.25, -0.2) is 9.97 Å². The first-order valence-corrected chi connectivity index (χ1v) is 10.7. The molecular formula is C25H22N8O. The molecule has 0 bridgehead atoms. The Morgan fingerprint density at radius 3 is 2.76 bits per heavy atom. The number of nitrogens with one attached hydrogen (secondary N) is 1. The number of hydrogen-bond donors (Lipinski definition) is 2. The molecule has 168 valence electrons. The Balaban J connectivity index is 1.58. The molecule has 4 aromatic heterocycles. The van der Waals surface area contributed by atoms with E-state index in [1.54, 1.807) is 23.3 Å². The van der Waals surface area contributed by atoms with Gasteiger partial charge in [-0.15, -0.1) is 0 Å². The number of amides is 1. The molecule has 0 saturated carbocycles. The van der Waals surface area contributed by atoms with E-state index < -0.39 is 5.91 Å². The number of nitrogen functional groups attached to an aromatic ring is 1. The fraction of sp³-hybridized carbons (Fsp3) is 0.120. The third-order valence-corrected chi connectivity index (χ3v) is 5.55. The van der Waals surface area contributed by atoms with Crippen molar-refractivity contribution in [1.82, 2.24) is 35.0 Å². The molecule has 0 radical (unpaired) electrons. The first-order chi connectivity index (χ1) is 16.5. The number of aromatic nitrogens is 6. The Hall–Kier alpha value is -4.66. The molecule has 5 rings (SSSR count). The lowest BCUT2D eigenvalue weighted by Crippen LogP contribution is -2.26. The topological polar surface area (TPSA) is 125 Å². The van der Waals surface area contributed by atoms with E-state index in [-0.39, 0.29) is 11.5 Å². The van der Waals surface area contributed by atoms with Crippen LogP contribution in [0, 0.1) is 6.92 Å². The maximum atomic E-state index is 13.1. The van der Waals surface area contributed by atoms with Gasteiger partial charge in [0.15, 0.2) is 11.5 Å². The molecule has 1 aromatic carbocycles. The summed E-state index contributed by atoms with van der Waals surface area (Å²) < 4.78 is 1.68. The van der Waals surface area contributed by atoms with Gasteiger partial charge in [-0.3, -0.25) is 19.4 Å². The fourth-order valence-corrected chi connectivity index (χ4v) is 3.72. The predicted molar refractivity (Wildman–Crippen MR) is 130 cm³/mol. The van der Waals surface area contributed by atoms with Crippen LogP contribution >= 0.6 is 0 Å². The lowest BCUT2D eigenvalue weighted by Gasteiger charge is -2.13. The molecule has 9 nitrogen and oxygen atoms in total. The van der Waals surface area contributed by atoms with Gasteiger partial charge in [-0.2, -0.15) is 5.10 Å². The molecule has 34 heavy (non-hydrogen) atoms. The molecule has 0 aliphatic carbocycles. The van der Waals surface area contributed by atoms with E-state index in [9.17, 15) is 4.79 Å². The Bertz CT molecular complexity index is 1520. The summed E-state index contributed by atoms with van der Waals surface area (Å²) in [4.78, 5) is 30.8. The Morgan fingerprint density at radius 1 is 1.09 bits per heavy atom. The van der Waals surface area contributed by atoms with Gasteiger partial charge in [0.2, 0.25) is 0 Å². The number of hydrogen-bond acceptors (Lipinski definition) is 7. The molecule has 4 heterocycles. The molecule has 0 aliphatic heterocycles. The van der Waals surface area contributed by atoms with E-state index in [4.69, 9.17) is 5.73 Å². The zero-order chi connectivity index (χ0) is 23.7. The van der Waals surface area contributed by atoms with Crippen molar-refractivity contribution in [2.24, 2.45) is 7.05 Å². The Kier molecular flexibility index (Phi) is 5.43. The van der Waals surface area contributed by atoms with Gasteiger partial charge in [0, 0.05) is 49.3 Å². The van der Waals surface area contributed by atoms with Gasteiger partial charge in [-0.05, 0) is 48.4 Å². The Labute approximate surface area is 195 Å². The van der Waals surface area contributed by atoms with Crippen LogP contribution in [0.2, 0.25) is 0 Å². The van der Waals surface area contributed by atoms with Crippen LogP contribution in [0.3, 0.4) is 0 Å². The largest absolute Gasteiger partial charge is 0.382 e. The van der Waals surface area contributed by atoms with Gasteiger partial charge in [0.25, 0.3) is 5.91 Å². The second-order valence-corrected chi connectivity index (χ2v) is 7.93. The van der Waals surface area contributed by atoms with E-state index in [1.165, 1.54) is 0 Å². The number of fused-ring (bicyclic) bond motifs is 1. The molecular weight excluding hydrogens is 428 g/mol. The zero-order valence-electron chi connectivity index (χ0n) is 18.7. The summed E-state index contributed by atoms with van der Waals surface area (Å²) in [5.74, 6) is -0.367. The highest BCUT2D eigenvalue weighted by atomic mass is 16.1. The first-order valence-electron chi connectivity index (χ1n) is 10.7. The van der Waals surface area contributed by atoms with Crippen molar-refractivity contribution in [1.29, 1.82) is 0 Å². The van der Waals surface area contributed by atoms with Gasteiger partial charge in [0.1, 0.15) is 11.4 Å². The number of pyridine rings is 2. The van der Waals surface area contributed by atoms with E-state index in [0.717, 1.165) is 27.6 Å². The van der Waals surface area contributed by atoms with Crippen LogP contribution in [-0.4, -0.2) is 35.6 Å². The predicted octanol–water partition coefficient (Wildman–Crippen LogP) is 3.31. The Morgan fingerprint density at radius 2 is 1.97 bits per heavy atom. The van der Waals surface area contributed by atoms with Crippen LogP contribution in [0.4, 0.5) is 5.82 Å². The van der Waals surface area contributed by atoms with Crippen molar-refractivity contribution in [3.05, 3.63) is 84.1 Å². The van der Waals surface area contributed by atoms with Crippen molar-refractivity contribution in [2.45, 2.75) is 13.5 Å². The van der Waals surface area contributed by atoms with Crippen LogP contribution in [0.1, 0.15) is 21.6 Å². The summed E-state index contributed by atoms with van der Waals surface area (Å²) in [7, 11) is 1.82. The first kappa shape index (κ1) is 21.2. The van der Waals surface area contributed by atoms with Crippen molar-refractivity contribution >= 4 is 22.6 Å². The second kappa shape index (κ2) is 8.70. The minimum atomic E-state index is -0.405. The molecule has 0 atom stereocenters. The third kappa shape index (κ3) is 4.06. The molecule has 0 aliphatic rings. The highest BCUT2D eigenvalue weighted by Gasteiger charge is 2.21. The number of nitrogens with two attached hydrogens (primary N) is 1. The van der Waals surface area contributed by atoms with Gasteiger partial charge < -0.3 is 11.1 Å². The number of anilines is 1. The summed E-state index contributed by atoms with van der Waals surface area (Å²) in [5, 5.41) is 8.31. The smallest absolute Gasteiger partial charge is 0.274 e. The number of rotatable bonds is 5. The van der Waals surface area contributed by atoms with Gasteiger partial charge >= 0.3 is 0 Å². The lowest BCUT2D eigenvalue weighted by atomic mass is 10.0. The van der Waals surface area contributed by atoms with Gasteiger partial charge in [-0.1, -0.05) is 12.1 Å². The van der Waals surface area contributed by atoms with Crippen molar-refractivity contribution in [2.75, 3.05) is 5.73 Å². The fourth-order valence-electron chi connectivity index (χ4n) is 3.72.